The van der Waals surface area contributed by atoms with Gasteiger partial charge in [-0.05, 0) is 38.9 Å². The molecule has 0 spiro atoms. The molecule has 1 atom stereocenters. The smallest absolute Gasteiger partial charge is 0.00752 e. The van der Waals surface area contributed by atoms with E-state index in [0.29, 0.717) is 5.92 Å². The summed E-state index contributed by atoms with van der Waals surface area (Å²) in [6, 6.07) is 8.51. The van der Waals surface area contributed by atoms with Crippen molar-refractivity contribution in [1.29, 1.82) is 0 Å². The molecule has 1 unspecified atom stereocenters. The summed E-state index contributed by atoms with van der Waals surface area (Å²) in [6.45, 7) is 18.2. The highest BCUT2D eigenvalue weighted by Gasteiger charge is 2.14. The molecule has 0 radical (unpaired) electrons. The Morgan fingerprint density at radius 1 is 0.750 bits per heavy atom. The zero-order chi connectivity index (χ0) is 18.1. The number of rotatable bonds is 2. The summed E-state index contributed by atoms with van der Waals surface area (Å²) in [5, 5.41) is 2.52. The van der Waals surface area contributed by atoms with Crippen LogP contribution in [0.2, 0.25) is 0 Å². The second-order valence-corrected chi connectivity index (χ2v) is 5.19. The van der Waals surface area contributed by atoms with Crippen molar-refractivity contribution in [3.63, 3.8) is 0 Å². The average molecular weight is 319 g/mol. The van der Waals surface area contributed by atoms with Crippen LogP contribution in [0, 0.1) is 5.92 Å². The second-order valence-electron chi connectivity index (χ2n) is 5.19. The molecule has 0 heteroatoms. The van der Waals surface area contributed by atoms with E-state index in [9.17, 15) is 0 Å². The van der Waals surface area contributed by atoms with Gasteiger partial charge in [0, 0.05) is 0 Å². The van der Waals surface area contributed by atoms with Crippen LogP contribution in [0.1, 0.15) is 56.9 Å². The summed E-state index contributed by atoms with van der Waals surface area (Å²) in [5.41, 5.74) is 4.86. The molecule has 1 aliphatic carbocycles. The molecule has 0 saturated carbocycles. The maximum absolute atomic E-state index is 4.00. The van der Waals surface area contributed by atoms with E-state index in [4.69, 9.17) is 0 Å². The molecule has 2 aromatic rings. The summed E-state index contributed by atoms with van der Waals surface area (Å²) in [7, 11) is 0. The third-order valence-corrected chi connectivity index (χ3v) is 3.92. The zero-order valence-corrected chi connectivity index (χ0v) is 15.8. The molecule has 126 valence electrons. The van der Waals surface area contributed by atoms with Gasteiger partial charge in [0.15, 0.2) is 0 Å². The average Bonchev–Trinajstić information content (AvgIpc) is 2.86. The van der Waals surface area contributed by atoms with Crippen molar-refractivity contribution >= 4 is 35.1 Å². The van der Waals surface area contributed by atoms with Crippen LogP contribution in [0.15, 0.2) is 49.6 Å². The van der Waals surface area contributed by atoms with Gasteiger partial charge in [0.25, 0.3) is 0 Å². The van der Waals surface area contributed by atoms with Crippen LogP contribution in [-0.2, 0) is 0 Å². The van der Waals surface area contributed by atoms with Gasteiger partial charge in [0.1, 0.15) is 0 Å². The number of hydrogen-bond acceptors (Lipinski definition) is 0. The van der Waals surface area contributed by atoms with E-state index in [1.807, 2.05) is 39.8 Å². The van der Waals surface area contributed by atoms with E-state index < -0.39 is 0 Å². The SMILES string of the molecule is C=Cc1c2c(c3ccccc3c1C=C)C=CC(C)C=C2.CC.CC. The lowest BCUT2D eigenvalue weighted by Crippen LogP contribution is -1.94. The molecular formula is C24H30. The molecule has 0 nitrogen and oxygen atoms in total. The van der Waals surface area contributed by atoms with Gasteiger partial charge in [0.05, 0.1) is 0 Å². The molecule has 0 fully saturated rings. The first-order chi connectivity index (χ1) is 11.8. The van der Waals surface area contributed by atoms with Crippen molar-refractivity contribution in [1.82, 2.24) is 0 Å². The first-order valence-electron chi connectivity index (χ1n) is 8.96. The van der Waals surface area contributed by atoms with Gasteiger partial charge in [-0.3, -0.25) is 0 Å². The Morgan fingerprint density at radius 2 is 1.25 bits per heavy atom. The van der Waals surface area contributed by atoms with Gasteiger partial charge in [-0.2, -0.15) is 0 Å². The lowest BCUT2D eigenvalue weighted by atomic mass is 9.89. The molecule has 0 bridgehead atoms. The summed E-state index contributed by atoms with van der Waals surface area (Å²) < 4.78 is 0. The summed E-state index contributed by atoms with van der Waals surface area (Å²) in [6.07, 6.45) is 12.8. The van der Waals surface area contributed by atoms with E-state index in [0.717, 1.165) is 0 Å². The zero-order valence-electron chi connectivity index (χ0n) is 15.8. The predicted molar refractivity (Wildman–Crippen MR) is 114 cm³/mol. The maximum Gasteiger partial charge on any atom is -0.00752 e. The minimum Gasteiger partial charge on any atom is -0.0984 e. The van der Waals surface area contributed by atoms with E-state index in [1.165, 1.54) is 33.0 Å². The fourth-order valence-corrected chi connectivity index (χ4v) is 2.89. The number of allylic oxidation sites excluding steroid dienone is 2. The Hall–Kier alpha value is -2.34. The first kappa shape index (κ1) is 19.7. The fourth-order valence-electron chi connectivity index (χ4n) is 2.89. The minimum atomic E-state index is 0.450. The molecule has 0 N–H and O–H groups in total. The topological polar surface area (TPSA) is 0 Å². The molecule has 0 aliphatic heterocycles. The van der Waals surface area contributed by atoms with Gasteiger partial charge >= 0.3 is 0 Å². The molecule has 2 aromatic carbocycles. The Labute approximate surface area is 147 Å². The highest BCUT2D eigenvalue weighted by atomic mass is 14.2. The van der Waals surface area contributed by atoms with E-state index >= 15 is 0 Å². The molecule has 0 aromatic heterocycles. The van der Waals surface area contributed by atoms with Crippen LogP contribution >= 0.6 is 0 Å². The quantitative estimate of drug-likeness (QED) is 0.528. The Kier molecular flexibility index (Phi) is 7.98. The lowest BCUT2D eigenvalue weighted by Gasteiger charge is -2.15. The summed E-state index contributed by atoms with van der Waals surface area (Å²) in [5.74, 6) is 0.450. The van der Waals surface area contributed by atoms with Gasteiger partial charge in [-0.1, -0.05) is 108 Å². The fraction of sp³-hybridized carbons (Fsp3) is 0.250. The van der Waals surface area contributed by atoms with E-state index in [-0.39, 0.29) is 0 Å². The number of benzene rings is 2. The van der Waals surface area contributed by atoms with Crippen LogP contribution in [0.3, 0.4) is 0 Å². The third-order valence-electron chi connectivity index (χ3n) is 3.92. The van der Waals surface area contributed by atoms with Gasteiger partial charge in [-0.25, -0.2) is 0 Å². The van der Waals surface area contributed by atoms with Crippen LogP contribution in [-0.4, -0.2) is 0 Å². The van der Waals surface area contributed by atoms with Gasteiger partial charge < -0.3 is 0 Å². The van der Waals surface area contributed by atoms with Crippen molar-refractivity contribution in [3.05, 3.63) is 71.8 Å². The second kappa shape index (κ2) is 9.72. The van der Waals surface area contributed by atoms with E-state index in [1.54, 1.807) is 0 Å². The Balaban J connectivity index is 0.000000671. The Bertz CT molecular complexity index is 757. The molecule has 0 heterocycles. The maximum atomic E-state index is 4.00. The van der Waals surface area contributed by atoms with Crippen molar-refractivity contribution < 1.29 is 0 Å². The van der Waals surface area contributed by atoms with Gasteiger partial charge in [0.2, 0.25) is 0 Å². The highest BCUT2D eigenvalue weighted by molar-refractivity contribution is 6.03. The largest absolute Gasteiger partial charge is 0.0984 e. The van der Waals surface area contributed by atoms with Crippen molar-refractivity contribution in [3.8, 4) is 0 Å². The molecule has 3 rings (SSSR count). The van der Waals surface area contributed by atoms with Gasteiger partial charge in [-0.15, -0.1) is 0 Å². The monoisotopic (exact) mass is 318 g/mol. The molecule has 0 amide bonds. The third kappa shape index (κ3) is 3.76. The first-order valence-corrected chi connectivity index (χ1v) is 8.96. The van der Waals surface area contributed by atoms with Crippen molar-refractivity contribution in [2.45, 2.75) is 34.6 Å². The normalized spacial score (nSPS) is 14.5. The molecule has 1 aliphatic rings. The Morgan fingerprint density at radius 3 is 1.79 bits per heavy atom. The number of fused-ring (bicyclic) bond motifs is 3. The van der Waals surface area contributed by atoms with Crippen LogP contribution in [0.25, 0.3) is 35.1 Å². The van der Waals surface area contributed by atoms with E-state index in [2.05, 4.69) is 68.7 Å². The lowest BCUT2D eigenvalue weighted by molar-refractivity contribution is 0.954. The summed E-state index contributed by atoms with van der Waals surface area (Å²) in [4.78, 5) is 0. The molecular weight excluding hydrogens is 288 g/mol. The molecule has 0 saturated heterocycles. The highest BCUT2D eigenvalue weighted by Crippen LogP contribution is 2.35. The molecule has 24 heavy (non-hydrogen) atoms. The predicted octanol–water partition coefficient (Wildman–Crippen LogP) is 7.85. The van der Waals surface area contributed by atoms with Crippen LogP contribution in [0.5, 0.6) is 0 Å². The minimum absolute atomic E-state index is 0.450. The standard InChI is InChI=1S/C20H18.2C2H6/c1-4-15-16(5-2)19-12-10-14(3)11-13-20(19)18-9-7-6-8-17(15)18;2*1-2/h4-14H,1-2H2,3H3;2*1-2H3. The number of hydrogen-bond donors (Lipinski definition) is 0. The summed E-state index contributed by atoms with van der Waals surface area (Å²) >= 11 is 0. The van der Waals surface area contributed by atoms with Crippen molar-refractivity contribution in [2.75, 3.05) is 0 Å². The van der Waals surface area contributed by atoms with Crippen LogP contribution in [0.4, 0.5) is 0 Å². The van der Waals surface area contributed by atoms with Crippen molar-refractivity contribution in [2.24, 2.45) is 5.92 Å². The van der Waals surface area contributed by atoms with Crippen LogP contribution < -0.4 is 0 Å².